The van der Waals surface area contributed by atoms with E-state index in [2.05, 4.69) is 9.97 Å². The number of benzene rings is 1. The first kappa shape index (κ1) is 12.3. The number of hydrogen-bond donors (Lipinski definition) is 1. The van der Waals surface area contributed by atoms with Crippen molar-refractivity contribution >= 4 is 22.2 Å². The molecule has 0 radical (unpaired) electrons. The van der Waals surface area contributed by atoms with Crippen molar-refractivity contribution in [2.75, 3.05) is 0 Å². The van der Waals surface area contributed by atoms with Gasteiger partial charge in [-0.15, -0.1) is 11.3 Å². The van der Waals surface area contributed by atoms with E-state index in [1.165, 1.54) is 0 Å². The van der Waals surface area contributed by atoms with E-state index in [0.29, 0.717) is 5.69 Å². The highest BCUT2D eigenvalue weighted by Crippen LogP contribution is 2.25. The molecule has 96 valence electrons. The zero-order valence-corrected chi connectivity index (χ0v) is 11.6. The second-order valence-corrected chi connectivity index (χ2v) is 5.66. The number of aryl methyl sites for hydroxylation is 2. The van der Waals surface area contributed by atoms with Gasteiger partial charge in [-0.1, -0.05) is 12.1 Å². The lowest BCUT2D eigenvalue weighted by atomic mass is 10.0. The first-order valence-corrected chi connectivity index (χ1v) is 6.99. The van der Waals surface area contributed by atoms with Gasteiger partial charge in [-0.05, 0) is 37.6 Å². The summed E-state index contributed by atoms with van der Waals surface area (Å²) in [6.07, 6.45) is -0.671. The van der Waals surface area contributed by atoms with Crippen molar-refractivity contribution in [3.63, 3.8) is 0 Å². The molecule has 0 aliphatic carbocycles. The Hall–Kier alpha value is -1.78. The second kappa shape index (κ2) is 4.72. The van der Waals surface area contributed by atoms with Gasteiger partial charge >= 0.3 is 0 Å². The van der Waals surface area contributed by atoms with Crippen LogP contribution in [0.1, 0.15) is 28.1 Å². The topological polar surface area (TPSA) is 46.0 Å². The molecule has 3 rings (SSSR count). The van der Waals surface area contributed by atoms with E-state index >= 15 is 0 Å². The van der Waals surface area contributed by atoms with Crippen LogP contribution >= 0.6 is 11.3 Å². The highest BCUT2D eigenvalue weighted by molar-refractivity contribution is 7.09. The minimum absolute atomic E-state index is 0.671. The van der Waals surface area contributed by atoms with Crippen molar-refractivity contribution in [1.29, 1.82) is 0 Å². The number of aliphatic hydroxyl groups is 1. The molecule has 3 nitrogen and oxygen atoms in total. The summed E-state index contributed by atoms with van der Waals surface area (Å²) in [4.78, 5) is 8.79. The van der Waals surface area contributed by atoms with Crippen molar-refractivity contribution in [3.8, 4) is 0 Å². The molecule has 1 aromatic carbocycles. The summed E-state index contributed by atoms with van der Waals surface area (Å²) >= 11 is 1.55. The number of hydrogen-bond acceptors (Lipinski definition) is 4. The summed E-state index contributed by atoms with van der Waals surface area (Å²) in [5.41, 5.74) is 3.51. The average Bonchev–Trinajstić information content (AvgIpc) is 2.84. The lowest BCUT2D eigenvalue weighted by Crippen LogP contribution is -2.00. The van der Waals surface area contributed by atoms with Crippen LogP contribution < -0.4 is 0 Å². The third-order valence-corrected chi connectivity index (χ3v) is 3.88. The molecule has 0 saturated heterocycles. The third kappa shape index (κ3) is 2.37. The number of rotatable bonds is 2. The Bertz CT molecular complexity index is 736. The van der Waals surface area contributed by atoms with Crippen LogP contribution in [0.25, 0.3) is 10.9 Å². The highest BCUT2D eigenvalue weighted by atomic mass is 32.1. The van der Waals surface area contributed by atoms with Gasteiger partial charge in [0.25, 0.3) is 0 Å². The van der Waals surface area contributed by atoms with E-state index in [4.69, 9.17) is 0 Å². The molecule has 0 fully saturated rings. The van der Waals surface area contributed by atoms with Crippen LogP contribution in [0.2, 0.25) is 0 Å². The van der Waals surface area contributed by atoms with Crippen LogP contribution in [0.15, 0.2) is 35.7 Å². The Labute approximate surface area is 115 Å². The van der Waals surface area contributed by atoms with Gasteiger partial charge in [0, 0.05) is 16.5 Å². The van der Waals surface area contributed by atoms with Crippen molar-refractivity contribution < 1.29 is 5.11 Å². The first-order chi connectivity index (χ1) is 9.13. The van der Waals surface area contributed by atoms with E-state index < -0.39 is 6.10 Å². The predicted octanol–water partition coefficient (Wildman–Crippen LogP) is 3.39. The van der Waals surface area contributed by atoms with E-state index in [-0.39, 0.29) is 0 Å². The molecule has 1 unspecified atom stereocenters. The second-order valence-electron chi connectivity index (χ2n) is 4.60. The van der Waals surface area contributed by atoms with Gasteiger partial charge in [0.2, 0.25) is 0 Å². The number of aliphatic hydroxyl groups excluding tert-OH is 1. The minimum atomic E-state index is -0.671. The molecule has 4 heteroatoms. The van der Waals surface area contributed by atoms with Crippen LogP contribution in [0.4, 0.5) is 0 Å². The smallest absolute Gasteiger partial charge is 0.122 e. The van der Waals surface area contributed by atoms with Crippen LogP contribution in [0, 0.1) is 13.8 Å². The summed E-state index contributed by atoms with van der Waals surface area (Å²) in [6, 6.07) is 9.83. The molecule has 0 aliphatic heterocycles. The predicted molar refractivity (Wildman–Crippen MR) is 77.4 cm³/mol. The zero-order chi connectivity index (χ0) is 13.4. The maximum absolute atomic E-state index is 10.3. The molecular weight excluding hydrogens is 256 g/mol. The number of aromatic nitrogens is 2. The van der Waals surface area contributed by atoms with E-state index in [1.807, 2.05) is 49.6 Å². The SMILES string of the molecule is Cc1ccc2cc(C(O)c3csc(C)n3)ccc2n1. The van der Waals surface area contributed by atoms with Gasteiger partial charge in [-0.2, -0.15) is 0 Å². The van der Waals surface area contributed by atoms with Crippen molar-refractivity contribution in [2.24, 2.45) is 0 Å². The molecule has 2 heterocycles. The number of thiazole rings is 1. The summed E-state index contributed by atoms with van der Waals surface area (Å²) in [5.74, 6) is 0. The first-order valence-electron chi connectivity index (χ1n) is 6.11. The van der Waals surface area contributed by atoms with E-state index in [1.54, 1.807) is 11.3 Å². The van der Waals surface area contributed by atoms with Gasteiger partial charge in [0.05, 0.1) is 16.2 Å². The maximum atomic E-state index is 10.3. The highest BCUT2D eigenvalue weighted by Gasteiger charge is 2.13. The summed E-state index contributed by atoms with van der Waals surface area (Å²) in [7, 11) is 0. The lowest BCUT2D eigenvalue weighted by Gasteiger charge is -2.09. The largest absolute Gasteiger partial charge is 0.382 e. The molecule has 1 N–H and O–H groups in total. The van der Waals surface area contributed by atoms with Crippen molar-refractivity contribution in [1.82, 2.24) is 9.97 Å². The molecule has 0 saturated carbocycles. The quantitative estimate of drug-likeness (QED) is 0.776. The number of nitrogens with zero attached hydrogens (tertiary/aromatic N) is 2. The lowest BCUT2D eigenvalue weighted by molar-refractivity contribution is 0.216. The van der Waals surface area contributed by atoms with Gasteiger partial charge in [0.1, 0.15) is 6.10 Å². The van der Waals surface area contributed by atoms with Gasteiger partial charge in [0.15, 0.2) is 0 Å². The summed E-state index contributed by atoms with van der Waals surface area (Å²) < 4.78 is 0. The number of fused-ring (bicyclic) bond motifs is 1. The monoisotopic (exact) mass is 270 g/mol. The molecule has 0 bridgehead atoms. The van der Waals surface area contributed by atoms with Gasteiger partial charge < -0.3 is 5.11 Å². The maximum Gasteiger partial charge on any atom is 0.122 e. The van der Waals surface area contributed by atoms with Crippen molar-refractivity contribution in [3.05, 3.63) is 57.7 Å². The Morgan fingerprint density at radius 2 is 1.95 bits per heavy atom. The molecule has 0 aliphatic rings. The van der Waals surface area contributed by atoms with E-state index in [9.17, 15) is 5.11 Å². The minimum Gasteiger partial charge on any atom is -0.382 e. The summed E-state index contributed by atoms with van der Waals surface area (Å²) in [6.45, 7) is 3.91. The third-order valence-electron chi connectivity index (χ3n) is 3.09. The normalized spacial score (nSPS) is 12.8. The summed E-state index contributed by atoms with van der Waals surface area (Å²) in [5, 5.41) is 14.2. The standard InChI is InChI=1S/C15H14N2OS/c1-9-3-4-11-7-12(5-6-13(11)16-9)15(18)14-8-19-10(2)17-14/h3-8,15,18H,1-2H3. The molecule has 1 atom stereocenters. The fourth-order valence-electron chi connectivity index (χ4n) is 2.09. The Morgan fingerprint density at radius 3 is 2.68 bits per heavy atom. The molecule has 2 aromatic heterocycles. The molecule has 0 spiro atoms. The molecule has 19 heavy (non-hydrogen) atoms. The van der Waals surface area contributed by atoms with Crippen LogP contribution in [-0.2, 0) is 0 Å². The van der Waals surface area contributed by atoms with Gasteiger partial charge in [-0.25, -0.2) is 4.98 Å². The van der Waals surface area contributed by atoms with Crippen LogP contribution in [0.5, 0.6) is 0 Å². The molecule has 3 aromatic rings. The van der Waals surface area contributed by atoms with Crippen LogP contribution in [-0.4, -0.2) is 15.1 Å². The number of pyridine rings is 1. The van der Waals surface area contributed by atoms with E-state index in [0.717, 1.165) is 27.2 Å². The van der Waals surface area contributed by atoms with Crippen molar-refractivity contribution in [2.45, 2.75) is 20.0 Å². The Kier molecular flexibility index (Phi) is 3.05. The Balaban J connectivity index is 2.03. The fourth-order valence-corrected chi connectivity index (χ4v) is 2.72. The average molecular weight is 270 g/mol. The van der Waals surface area contributed by atoms with Crippen LogP contribution in [0.3, 0.4) is 0 Å². The molecule has 0 amide bonds. The Morgan fingerprint density at radius 1 is 1.11 bits per heavy atom. The van der Waals surface area contributed by atoms with Gasteiger partial charge in [-0.3, -0.25) is 4.98 Å². The fraction of sp³-hybridized carbons (Fsp3) is 0.200. The zero-order valence-electron chi connectivity index (χ0n) is 10.8. The molecular formula is C15H14N2OS.